The van der Waals surface area contributed by atoms with Crippen molar-refractivity contribution in [2.24, 2.45) is 17.8 Å². The van der Waals surface area contributed by atoms with Crippen LogP contribution in [0.1, 0.15) is 32.1 Å². The van der Waals surface area contributed by atoms with Crippen molar-refractivity contribution in [2.75, 3.05) is 12.7 Å². The molecule has 0 amide bonds. The van der Waals surface area contributed by atoms with Gasteiger partial charge in [0.05, 0.1) is 11.7 Å². The average Bonchev–Trinajstić information content (AvgIpc) is 2.30. The molecule has 4 nitrogen and oxygen atoms in total. The molecule has 0 aromatic carbocycles. The summed E-state index contributed by atoms with van der Waals surface area (Å²) in [4.78, 5) is 10.9. The number of alkyl halides is 1. The van der Waals surface area contributed by atoms with Crippen LogP contribution in [-0.2, 0) is 14.3 Å². The molecule has 4 saturated carbocycles. The van der Waals surface area contributed by atoms with E-state index in [1.54, 1.807) is 0 Å². The lowest BCUT2D eigenvalue weighted by molar-refractivity contribution is -0.215. The quantitative estimate of drug-likeness (QED) is 0.481. The molecule has 18 heavy (non-hydrogen) atoms. The Bertz CT molecular complexity index is 330. The van der Waals surface area contributed by atoms with Gasteiger partial charge in [0.2, 0.25) is 0 Å². The van der Waals surface area contributed by atoms with Crippen molar-refractivity contribution < 1.29 is 19.4 Å². The first-order valence-electron chi connectivity index (χ1n) is 6.65. The third kappa shape index (κ3) is 2.26. The van der Waals surface area contributed by atoms with Crippen molar-refractivity contribution in [2.45, 2.75) is 43.8 Å². The van der Waals surface area contributed by atoms with Crippen molar-refractivity contribution in [1.29, 1.82) is 0 Å². The van der Waals surface area contributed by atoms with Gasteiger partial charge < -0.3 is 14.6 Å². The van der Waals surface area contributed by atoms with Crippen LogP contribution in [0, 0.1) is 17.8 Å². The van der Waals surface area contributed by atoms with E-state index in [4.69, 9.17) is 21.1 Å². The lowest BCUT2D eigenvalue weighted by atomic mass is 9.53. The van der Waals surface area contributed by atoms with Gasteiger partial charge in [0.1, 0.15) is 5.88 Å². The second-order valence-electron chi connectivity index (χ2n) is 6.09. The smallest absolute Gasteiger partial charge is 0.322 e. The van der Waals surface area contributed by atoms with Gasteiger partial charge in [-0.1, -0.05) is 0 Å². The molecule has 2 atom stereocenters. The lowest BCUT2D eigenvalue weighted by Gasteiger charge is -2.57. The van der Waals surface area contributed by atoms with Gasteiger partial charge in [0.25, 0.3) is 0 Å². The van der Waals surface area contributed by atoms with Crippen LogP contribution in [0.25, 0.3) is 0 Å². The van der Waals surface area contributed by atoms with Crippen molar-refractivity contribution in [3.8, 4) is 0 Å². The standard InChI is InChI=1S/C13H19ClO4/c14-6-11(15)17-7-18-12-9-1-8-2-10(12)5-13(16,3-8)4-9/h8-10,12,16H,1-7H2. The number of carbonyl (C=O) groups is 1. The fourth-order valence-electron chi connectivity index (χ4n) is 4.42. The zero-order valence-electron chi connectivity index (χ0n) is 10.3. The van der Waals surface area contributed by atoms with E-state index in [1.807, 2.05) is 0 Å². The Balaban J connectivity index is 1.57. The first kappa shape index (κ1) is 12.7. The summed E-state index contributed by atoms with van der Waals surface area (Å²) in [7, 11) is 0. The van der Waals surface area contributed by atoms with E-state index < -0.39 is 11.6 Å². The SMILES string of the molecule is O=C(CCl)OCOC1C2CC3CC1CC(O)(C3)C2. The van der Waals surface area contributed by atoms with E-state index in [1.165, 1.54) is 0 Å². The van der Waals surface area contributed by atoms with E-state index in [0.717, 1.165) is 32.1 Å². The van der Waals surface area contributed by atoms with Crippen molar-refractivity contribution in [1.82, 2.24) is 0 Å². The topological polar surface area (TPSA) is 55.8 Å². The molecule has 4 rings (SSSR count). The maximum absolute atomic E-state index is 10.9. The van der Waals surface area contributed by atoms with Gasteiger partial charge in [-0.2, -0.15) is 0 Å². The second-order valence-corrected chi connectivity index (χ2v) is 6.36. The van der Waals surface area contributed by atoms with Gasteiger partial charge in [-0.3, -0.25) is 4.79 Å². The molecule has 0 heterocycles. The van der Waals surface area contributed by atoms with Gasteiger partial charge in [0, 0.05) is 0 Å². The van der Waals surface area contributed by atoms with Gasteiger partial charge in [-0.15, -0.1) is 11.6 Å². The molecule has 5 heteroatoms. The highest BCUT2D eigenvalue weighted by molar-refractivity contribution is 6.26. The van der Waals surface area contributed by atoms with Crippen LogP contribution >= 0.6 is 11.6 Å². The molecule has 0 spiro atoms. The molecule has 0 aliphatic heterocycles. The monoisotopic (exact) mass is 274 g/mol. The van der Waals surface area contributed by atoms with Crippen LogP contribution < -0.4 is 0 Å². The fraction of sp³-hybridized carbons (Fsp3) is 0.923. The minimum atomic E-state index is -0.445. The molecule has 1 N–H and O–H groups in total. The Morgan fingerprint density at radius 3 is 2.50 bits per heavy atom. The number of rotatable bonds is 4. The molecule has 0 saturated heterocycles. The number of halogens is 1. The number of hydrogen-bond acceptors (Lipinski definition) is 4. The highest BCUT2D eigenvalue weighted by atomic mass is 35.5. The summed E-state index contributed by atoms with van der Waals surface area (Å²) in [5.74, 6) is 0.937. The number of carbonyl (C=O) groups excluding carboxylic acids is 1. The summed E-state index contributed by atoms with van der Waals surface area (Å²) in [6.07, 6.45) is 5.08. The highest BCUT2D eigenvalue weighted by Crippen LogP contribution is 2.56. The van der Waals surface area contributed by atoms with Crippen LogP contribution in [0.15, 0.2) is 0 Å². The Morgan fingerprint density at radius 2 is 1.94 bits per heavy atom. The van der Waals surface area contributed by atoms with Crippen LogP contribution in [0.4, 0.5) is 0 Å². The van der Waals surface area contributed by atoms with Crippen LogP contribution in [-0.4, -0.2) is 35.5 Å². The van der Waals surface area contributed by atoms with E-state index >= 15 is 0 Å². The number of aliphatic hydroxyl groups is 1. The van der Waals surface area contributed by atoms with E-state index in [9.17, 15) is 9.90 Å². The highest BCUT2D eigenvalue weighted by Gasteiger charge is 2.55. The molecular weight excluding hydrogens is 256 g/mol. The van der Waals surface area contributed by atoms with Gasteiger partial charge in [-0.05, 0) is 49.9 Å². The van der Waals surface area contributed by atoms with Crippen LogP contribution in [0.5, 0.6) is 0 Å². The van der Waals surface area contributed by atoms with Gasteiger partial charge in [0.15, 0.2) is 6.79 Å². The van der Waals surface area contributed by atoms with E-state index in [-0.39, 0.29) is 18.8 Å². The van der Waals surface area contributed by atoms with E-state index in [0.29, 0.717) is 17.8 Å². The zero-order chi connectivity index (χ0) is 12.8. The predicted molar refractivity (Wildman–Crippen MR) is 65.1 cm³/mol. The minimum Gasteiger partial charge on any atom is -0.438 e. The zero-order valence-corrected chi connectivity index (χ0v) is 11.1. The summed E-state index contributed by atoms with van der Waals surface area (Å²) in [6.45, 7) is -0.00762. The maximum atomic E-state index is 10.9. The molecule has 102 valence electrons. The summed E-state index contributed by atoms with van der Waals surface area (Å²) in [5.41, 5.74) is -0.441. The van der Waals surface area contributed by atoms with Crippen LogP contribution in [0.2, 0.25) is 0 Å². The molecule has 4 bridgehead atoms. The molecular formula is C13H19ClO4. The third-order valence-corrected chi connectivity index (χ3v) is 4.96. The van der Waals surface area contributed by atoms with Crippen molar-refractivity contribution in [3.63, 3.8) is 0 Å². The minimum absolute atomic E-state index is 0.00762. The Kier molecular flexibility index (Phi) is 3.28. The Morgan fingerprint density at radius 1 is 1.28 bits per heavy atom. The Hall–Kier alpha value is -0.320. The number of ether oxygens (including phenoxy) is 2. The van der Waals surface area contributed by atoms with Crippen LogP contribution in [0.3, 0.4) is 0 Å². The first-order chi connectivity index (χ1) is 8.59. The summed E-state index contributed by atoms with van der Waals surface area (Å²) in [6, 6.07) is 0. The average molecular weight is 275 g/mol. The summed E-state index contributed by atoms with van der Waals surface area (Å²) < 4.78 is 10.6. The third-order valence-electron chi connectivity index (χ3n) is 4.74. The van der Waals surface area contributed by atoms with Gasteiger partial charge >= 0.3 is 5.97 Å². The van der Waals surface area contributed by atoms with Crippen molar-refractivity contribution >= 4 is 17.6 Å². The summed E-state index contributed by atoms with van der Waals surface area (Å²) >= 11 is 5.35. The predicted octanol–water partition coefficient (Wildman–Crippen LogP) is 1.68. The first-order valence-corrected chi connectivity index (χ1v) is 7.19. The second kappa shape index (κ2) is 4.66. The molecule has 4 aliphatic carbocycles. The van der Waals surface area contributed by atoms with E-state index in [2.05, 4.69) is 0 Å². The summed E-state index contributed by atoms with van der Waals surface area (Å²) in [5, 5.41) is 10.4. The molecule has 4 fully saturated rings. The normalized spacial score (nSPS) is 45.2. The molecule has 0 aromatic rings. The number of hydrogen-bond donors (Lipinski definition) is 1. The maximum Gasteiger partial charge on any atom is 0.322 e. The largest absolute Gasteiger partial charge is 0.438 e. The Labute approximate surface area is 112 Å². The van der Waals surface area contributed by atoms with Crippen molar-refractivity contribution in [3.05, 3.63) is 0 Å². The number of esters is 1. The molecule has 4 aliphatic rings. The lowest BCUT2D eigenvalue weighted by Crippen LogP contribution is -2.57. The fourth-order valence-corrected chi connectivity index (χ4v) is 4.50. The molecule has 0 aromatic heterocycles. The molecule has 2 unspecified atom stereocenters. The molecule has 0 radical (unpaired) electrons. The van der Waals surface area contributed by atoms with Gasteiger partial charge in [-0.25, -0.2) is 0 Å².